The molecule has 0 unspecified atom stereocenters. The van der Waals surface area contributed by atoms with Gasteiger partial charge in [0.05, 0.1) is 17.1 Å². The summed E-state index contributed by atoms with van der Waals surface area (Å²) in [5.74, 6) is 1.24. The molecule has 4 rings (SSSR count). The maximum Gasteiger partial charge on any atom is 0.282 e. The van der Waals surface area contributed by atoms with Crippen LogP contribution in [0.25, 0.3) is 22.3 Å². The minimum absolute atomic E-state index is 0.211. The average Bonchev–Trinajstić information content (AvgIpc) is 2.78. The maximum absolute atomic E-state index is 13.1. The van der Waals surface area contributed by atoms with Crippen LogP contribution in [0.1, 0.15) is 5.56 Å². The van der Waals surface area contributed by atoms with Crippen molar-refractivity contribution in [3.63, 3.8) is 0 Å². The van der Waals surface area contributed by atoms with Crippen LogP contribution in [0.5, 0.6) is 5.75 Å². The van der Waals surface area contributed by atoms with Crippen molar-refractivity contribution < 1.29 is 4.74 Å². The Hall–Kier alpha value is -3.99. The van der Waals surface area contributed by atoms with Crippen LogP contribution in [0.2, 0.25) is 0 Å². The van der Waals surface area contributed by atoms with Crippen LogP contribution in [0, 0.1) is 0 Å². The number of hydrogen-bond donors (Lipinski definition) is 0. The van der Waals surface area contributed by atoms with Crippen LogP contribution < -0.4 is 10.3 Å². The van der Waals surface area contributed by atoms with E-state index in [0.29, 0.717) is 23.3 Å². The number of nitrogens with zero attached hydrogens (tertiary/aromatic N) is 3. The van der Waals surface area contributed by atoms with E-state index in [0.717, 1.165) is 16.9 Å². The lowest BCUT2D eigenvalue weighted by molar-refractivity contribution is 0.363. The molecule has 5 nitrogen and oxygen atoms in total. The summed E-state index contributed by atoms with van der Waals surface area (Å²) in [4.78, 5) is 17.8. The van der Waals surface area contributed by atoms with Crippen LogP contribution in [-0.2, 0) is 0 Å². The van der Waals surface area contributed by atoms with Crippen LogP contribution >= 0.6 is 0 Å². The van der Waals surface area contributed by atoms with Gasteiger partial charge < -0.3 is 4.74 Å². The van der Waals surface area contributed by atoms with Crippen molar-refractivity contribution in [1.82, 2.24) is 9.66 Å². The fourth-order valence-electron chi connectivity index (χ4n) is 2.93. The lowest BCUT2D eigenvalue weighted by atomic mass is 10.2. The van der Waals surface area contributed by atoms with Crippen LogP contribution in [0.4, 0.5) is 0 Å². The van der Waals surface area contributed by atoms with E-state index in [9.17, 15) is 4.79 Å². The number of ether oxygens (including phenoxy) is 1. The zero-order valence-corrected chi connectivity index (χ0v) is 15.7. The molecule has 142 valence electrons. The van der Waals surface area contributed by atoms with Crippen LogP contribution in [0.15, 0.2) is 101 Å². The van der Waals surface area contributed by atoms with Gasteiger partial charge in [-0.3, -0.25) is 4.79 Å². The van der Waals surface area contributed by atoms with Crippen molar-refractivity contribution in [3.8, 4) is 17.1 Å². The van der Waals surface area contributed by atoms with Gasteiger partial charge in [-0.2, -0.15) is 9.78 Å². The third-order valence-electron chi connectivity index (χ3n) is 4.36. The molecular weight excluding hydrogens is 362 g/mol. The van der Waals surface area contributed by atoms with Crippen molar-refractivity contribution >= 4 is 17.1 Å². The summed E-state index contributed by atoms with van der Waals surface area (Å²) in [7, 11) is 0. The molecule has 0 saturated heterocycles. The second-order valence-corrected chi connectivity index (χ2v) is 6.35. The van der Waals surface area contributed by atoms with Gasteiger partial charge in [-0.25, -0.2) is 4.98 Å². The first kappa shape index (κ1) is 18.4. The first-order chi connectivity index (χ1) is 14.3. The Morgan fingerprint density at radius 2 is 1.69 bits per heavy atom. The van der Waals surface area contributed by atoms with Crippen molar-refractivity contribution in [1.29, 1.82) is 0 Å². The van der Waals surface area contributed by atoms with E-state index in [4.69, 9.17) is 4.74 Å². The molecule has 0 spiro atoms. The van der Waals surface area contributed by atoms with Gasteiger partial charge in [0, 0.05) is 5.56 Å². The van der Waals surface area contributed by atoms with Crippen molar-refractivity contribution in [3.05, 3.63) is 107 Å². The molecule has 0 radical (unpaired) electrons. The van der Waals surface area contributed by atoms with E-state index >= 15 is 0 Å². The smallest absolute Gasteiger partial charge is 0.282 e. The van der Waals surface area contributed by atoms with Gasteiger partial charge in [-0.1, -0.05) is 55.1 Å². The number of para-hydroxylation sites is 1. The van der Waals surface area contributed by atoms with E-state index in [1.807, 2.05) is 72.8 Å². The third-order valence-corrected chi connectivity index (χ3v) is 4.36. The Morgan fingerprint density at radius 1 is 0.966 bits per heavy atom. The van der Waals surface area contributed by atoms with Gasteiger partial charge in [-0.15, -0.1) is 0 Å². The number of rotatable bonds is 6. The standard InChI is InChI=1S/C24H19N3O2/c1-2-16-29-20-14-12-18(13-15-20)17-25-27-23(19-8-4-3-5-9-19)26-22-11-7-6-10-21(22)24(27)28/h2-15,17H,1,16H2. The zero-order valence-electron chi connectivity index (χ0n) is 15.7. The predicted molar refractivity (Wildman–Crippen MR) is 117 cm³/mol. The molecule has 5 heteroatoms. The van der Waals surface area contributed by atoms with Gasteiger partial charge in [0.1, 0.15) is 12.4 Å². The van der Waals surface area contributed by atoms with Gasteiger partial charge in [-0.05, 0) is 42.0 Å². The number of benzene rings is 3. The average molecular weight is 381 g/mol. The van der Waals surface area contributed by atoms with E-state index in [2.05, 4.69) is 16.7 Å². The van der Waals surface area contributed by atoms with Gasteiger partial charge >= 0.3 is 0 Å². The van der Waals surface area contributed by atoms with Crippen molar-refractivity contribution in [2.45, 2.75) is 0 Å². The molecule has 0 aliphatic carbocycles. The first-order valence-electron chi connectivity index (χ1n) is 9.21. The monoisotopic (exact) mass is 381 g/mol. The Bertz CT molecular complexity index is 1230. The summed E-state index contributed by atoms with van der Waals surface area (Å²) in [5, 5.41) is 4.98. The highest BCUT2D eigenvalue weighted by atomic mass is 16.5. The van der Waals surface area contributed by atoms with Crippen molar-refractivity contribution in [2.24, 2.45) is 5.10 Å². The fraction of sp³-hybridized carbons (Fsp3) is 0.0417. The number of fused-ring (bicyclic) bond motifs is 1. The summed E-state index contributed by atoms with van der Waals surface area (Å²) < 4.78 is 6.84. The molecule has 0 fully saturated rings. The summed E-state index contributed by atoms with van der Waals surface area (Å²) in [6.07, 6.45) is 3.33. The first-order valence-corrected chi connectivity index (χ1v) is 9.21. The van der Waals surface area contributed by atoms with E-state index in [1.54, 1.807) is 18.4 Å². The predicted octanol–water partition coefficient (Wildman–Crippen LogP) is 4.51. The van der Waals surface area contributed by atoms with Crippen LogP contribution in [0.3, 0.4) is 0 Å². The molecule has 0 amide bonds. The molecule has 29 heavy (non-hydrogen) atoms. The minimum Gasteiger partial charge on any atom is -0.490 e. The molecule has 0 aliphatic heterocycles. The molecule has 0 bridgehead atoms. The van der Waals surface area contributed by atoms with Crippen LogP contribution in [-0.4, -0.2) is 22.5 Å². The lowest BCUT2D eigenvalue weighted by Gasteiger charge is -2.09. The molecule has 3 aromatic carbocycles. The van der Waals surface area contributed by atoms with E-state index in [1.165, 1.54) is 4.68 Å². The molecule has 0 aliphatic rings. The Morgan fingerprint density at radius 3 is 2.45 bits per heavy atom. The topological polar surface area (TPSA) is 56.5 Å². The Labute approximate surface area is 168 Å². The Kier molecular flexibility index (Phi) is 5.29. The second kappa shape index (κ2) is 8.35. The SMILES string of the molecule is C=CCOc1ccc(C=Nn2c(-c3ccccc3)nc3ccccc3c2=O)cc1. The fourth-order valence-corrected chi connectivity index (χ4v) is 2.93. The maximum atomic E-state index is 13.1. The normalized spacial score (nSPS) is 11.0. The minimum atomic E-state index is -0.211. The molecular formula is C24H19N3O2. The van der Waals surface area contributed by atoms with Crippen molar-refractivity contribution in [2.75, 3.05) is 6.61 Å². The summed E-state index contributed by atoms with van der Waals surface area (Å²) in [5.41, 5.74) is 2.10. The Balaban J connectivity index is 1.78. The molecule has 1 heterocycles. The van der Waals surface area contributed by atoms with E-state index in [-0.39, 0.29) is 5.56 Å². The largest absolute Gasteiger partial charge is 0.490 e. The summed E-state index contributed by atoms with van der Waals surface area (Å²) in [6, 6.07) is 24.3. The highest BCUT2D eigenvalue weighted by Crippen LogP contribution is 2.18. The lowest BCUT2D eigenvalue weighted by Crippen LogP contribution is -2.20. The van der Waals surface area contributed by atoms with Gasteiger partial charge in [0.15, 0.2) is 5.82 Å². The summed E-state index contributed by atoms with van der Waals surface area (Å²) in [6.45, 7) is 4.09. The highest BCUT2D eigenvalue weighted by Gasteiger charge is 2.11. The summed E-state index contributed by atoms with van der Waals surface area (Å²) >= 11 is 0. The van der Waals surface area contributed by atoms with E-state index < -0.39 is 0 Å². The second-order valence-electron chi connectivity index (χ2n) is 6.35. The van der Waals surface area contributed by atoms with Gasteiger partial charge in [0.25, 0.3) is 5.56 Å². The number of hydrogen-bond acceptors (Lipinski definition) is 4. The molecule has 0 N–H and O–H groups in total. The molecule has 4 aromatic rings. The molecule has 0 saturated carbocycles. The third kappa shape index (κ3) is 3.99. The quantitative estimate of drug-likeness (QED) is 0.365. The number of aromatic nitrogens is 2. The molecule has 1 aromatic heterocycles. The highest BCUT2D eigenvalue weighted by molar-refractivity contribution is 5.82. The zero-order chi connectivity index (χ0) is 20.1. The van der Waals surface area contributed by atoms with Gasteiger partial charge in [0.2, 0.25) is 0 Å². The molecule has 0 atom stereocenters.